The zero-order chi connectivity index (χ0) is 22.6. The fourth-order valence-electron chi connectivity index (χ4n) is 2.89. The van der Waals surface area contributed by atoms with Crippen LogP contribution in [0.1, 0.15) is 11.1 Å². The molecule has 0 unspecified atom stereocenters. The van der Waals surface area contributed by atoms with Crippen molar-refractivity contribution < 1.29 is 30.4 Å². The second-order valence-corrected chi connectivity index (χ2v) is 10.4. The van der Waals surface area contributed by atoms with E-state index >= 15 is 0 Å². The summed E-state index contributed by atoms with van der Waals surface area (Å²) in [5.41, 5.74) is 1.36. The van der Waals surface area contributed by atoms with E-state index in [1.165, 1.54) is 42.5 Å². The van der Waals surface area contributed by atoms with Gasteiger partial charge in [-0.1, -0.05) is 30.3 Å². The molecule has 0 saturated heterocycles. The minimum absolute atomic E-state index is 0.00917. The van der Waals surface area contributed by atoms with Crippen molar-refractivity contribution in [2.45, 2.75) is 22.8 Å². The van der Waals surface area contributed by atoms with E-state index in [4.69, 9.17) is 0 Å². The molecule has 6 nitrogen and oxygen atoms in total. The van der Waals surface area contributed by atoms with Crippen molar-refractivity contribution in [2.75, 3.05) is 11.0 Å². The number of hydrogen-bond acceptors (Lipinski definition) is 5. The van der Waals surface area contributed by atoms with Gasteiger partial charge in [-0.05, 0) is 48.0 Å². The maximum atomic E-state index is 12.8. The molecule has 0 aliphatic rings. The molecule has 0 aromatic heterocycles. The first-order valence-electron chi connectivity index (χ1n) is 8.99. The lowest BCUT2D eigenvalue weighted by molar-refractivity contribution is -0.0503. The maximum Gasteiger partial charge on any atom is 0.387 e. The highest BCUT2D eigenvalue weighted by Gasteiger charge is 2.18. The maximum absolute atomic E-state index is 12.8. The Kier molecular flexibility index (Phi) is 6.61. The summed E-state index contributed by atoms with van der Waals surface area (Å²) >= 11 is 0. The van der Waals surface area contributed by atoms with Gasteiger partial charge in [-0.2, -0.15) is 8.78 Å². The number of nitrogens with one attached hydrogen (secondary N) is 1. The van der Waals surface area contributed by atoms with Crippen LogP contribution in [0, 0.1) is 0 Å². The Morgan fingerprint density at radius 2 is 1.48 bits per heavy atom. The van der Waals surface area contributed by atoms with Crippen molar-refractivity contribution in [3.8, 4) is 5.75 Å². The van der Waals surface area contributed by atoms with Gasteiger partial charge in [0.2, 0.25) is 0 Å². The number of halogens is 2. The Labute approximate surface area is 179 Å². The first-order valence-corrected chi connectivity index (χ1v) is 12.4. The molecule has 0 saturated carbocycles. The van der Waals surface area contributed by atoms with Crippen molar-refractivity contribution >= 4 is 25.5 Å². The van der Waals surface area contributed by atoms with Gasteiger partial charge in [0.05, 0.1) is 9.79 Å². The summed E-state index contributed by atoms with van der Waals surface area (Å²) in [7, 11) is -7.50. The van der Waals surface area contributed by atoms with Gasteiger partial charge in [-0.25, -0.2) is 16.8 Å². The molecule has 0 aliphatic heterocycles. The number of sulfone groups is 1. The number of alkyl halides is 2. The highest BCUT2D eigenvalue weighted by Crippen LogP contribution is 2.28. The Hall–Kier alpha value is -2.98. The Morgan fingerprint density at radius 3 is 2.06 bits per heavy atom. The van der Waals surface area contributed by atoms with Crippen molar-refractivity contribution in [1.29, 1.82) is 0 Å². The standard InChI is InChI=1S/C21H19F2NO5S2/c1-30(25,26)18-8-10-19(11-9-18)31(27,28)24-17-7-12-20(29-21(22)23)16(14-17)13-15-5-3-2-4-6-15/h2-12,14,21,24H,13H2,1H3. The van der Waals surface area contributed by atoms with E-state index in [1.54, 1.807) is 12.1 Å². The third-order valence-corrected chi connectivity index (χ3v) is 6.85. The third-order valence-electron chi connectivity index (χ3n) is 4.33. The summed E-state index contributed by atoms with van der Waals surface area (Å²) in [5, 5.41) is 0. The van der Waals surface area contributed by atoms with Crippen LogP contribution in [-0.2, 0) is 26.3 Å². The predicted molar refractivity (Wildman–Crippen MR) is 113 cm³/mol. The van der Waals surface area contributed by atoms with Gasteiger partial charge in [-0.15, -0.1) is 0 Å². The molecule has 0 atom stereocenters. The molecule has 3 aromatic carbocycles. The first kappa shape index (κ1) is 22.7. The molecule has 164 valence electrons. The largest absolute Gasteiger partial charge is 0.435 e. The van der Waals surface area contributed by atoms with Crippen LogP contribution in [0.5, 0.6) is 5.75 Å². The molecular weight excluding hydrogens is 448 g/mol. The van der Waals surface area contributed by atoms with E-state index in [1.807, 2.05) is 18.2 Å². The fourth-order valence-corrected chi connectivity index (χ4v) is 4.57. The normalized spacial score (nSPS) is 12.0. The average molecular weight is 468 g/mol. The number of anilines is 1. The van der Waals surface area contributed by atoms with Gasteiger partial charge < -0.3 is 4.74 Å². The van der Waals surface area contributed by atoms with Crippen molar-refractivity contribution in [3.05, 3.63) is 83.9 Å². The SMILES string of the molecule is CS(=O)(=O)c1ccc(S(=O)(=O)Nc2ccc(OC(F)F)c(Cc3ccccc3)c2)cc1. The van der Waals surface area contributed by atoms with Crippen molar-refractivity contribution in [1.82, 2.24) is 0 Å². The zero-order valence-electron chi connectivity index (χ0n) is 16.3. The molecule has 1 N–H and O–H groups in total. The van der Waals surface area contributed by atoms with Crippen LogP contribution in [0.2, 0.25) is 0 Å². The predicted octanol–water partition coefficient (Wildman–Crippen LogP) is 4.08. The molecule has 0 fully saturated rings. The molecule has 0 aliphatic carbocycles. The lowest BCUT2D eigenvalue weighted by Crippen LogP contribution is -2.14. The van der Waals surface area contributed by atoms with Crippen LogP contribution < -0.4 is 9.46 Å². The van der Waals surface area contributed by atoms with Crippen molar-refractivity contribution in [3.63, 3.8) is 0 Å². The Morgan fingerprint density at radius 1 is 0.871 bits per heavy atom. The van der Waals surface area contributed by atoms with Crippen LogP contribution in [0.4, 0.5) is 14.5 Å². The fraction of sp³-hybridized carbons (Fsp3) is 0.143. The highest BCUT2D eigenvalue weighted by molar-refractivity contribution is 7.92. The highest BCUT2D eigenvalue weighted by atomic mass is 32.2. The third kappa shape index (κ3) is 6.02. The summed E-state index contributed by atoms with van der Waals surface area (Å²) in [6.45, 7) is -3.02. The van der Waals surface area contributed by atoms with Gasteiger partial charge in [0.1, 0.15) is 5.75 Å². The number of sulfonamides is 1. The molecule has 31 heavy (non-hydrogen) atoms. The van der Waals surface area contributed by atoms with Gasteiger partial charge in [0, 0.05) is 23.9 Å². The molecule has 3 rings (SSSR count). The quantitative estimate of drug-likeness (QED) is 0.539. The lowest BCUT2D eigenvalue weighted by atomic mass is 10.0. The summed E-state index contributed by atoms with van der Waals surface area (Å²) in [5.74, 6) is -0.0562. The second-order valence-electron chi connectivity index (χ2n) is 6.71. The van der Waals surface area contributed by atoms with E-state index in [-0.39, 0.29) is 27.6 Å². The van der Waals surface area contributed by atoms with E-state index in [2.05, 4.69) is 9.46 Å². The van der Waals surface area contributed by atoms with Gasteiger partial charge in [-0.3, -0.25) is 4.72 Å². The summed E-state index contributed by atoms with van der Waals surface area (Å²) in [6, 6.07) is 17.8. The van der Waals surface area contributed by atoms with Crippen LogP contribution in [-0.4, -0.2) is 29.7 Å². The van der Waals surface area contributed by atoms with E-state index in [0.29, 0.717) is 5.56 Å². The van der Waals surface area contributed by atoms with Gasteiger partial charge >= 0.3 is 6.61 Å². The molecular formula is C21H19F2NO5S2. The summed E-state index contributed by atoms with van der Waals surface area (Å²) in [6.07, 6.45) is 1.27. The molecule has 0 amide bonds. The van der Waals surface area contributed by atoms with E-state index in [0.717, 1.165) is 11.8 Å². The Bertz CT molecular complexity index is 1260. The van der Waals surface area contributed by atoms with E-state index in [9.17, 15) is 25.6 Å². The minimum atomic E-state index is -4.03. The van der Waals surface area contributed by atoms with Gasteiger partial charge in [0.15, 0.2) is 9.84 Å². The van der Waals surface area contributed by atoms with Crippen molar-refractivity contribution in [2.24, 2.45) is 0 Å². The van der Waals surface area contributed by atoms with Crippen LogP contribution in [0.3, 0.4) is 0 Å². The monoisotopic (exact) mass is 467 g/mol. The summed E-state index contributed by atoms with van der Waals surface area (Å²) in [4.78, 5) is -0.150. The number of ether oxygens (including phenoxy) is 1. The molecule has 0 bridgehead atoms. The first-order chi connectivity index (χ1) is 14.5. The number of hydrogen-bond donors (Lipinski definition) is 1. The zero-order valence-corrected chi connectivity index (χ0v) is 18.0. The summed E-state index contributed by atoms with van der Waals surface area (Å²) < 4.78 is 81.0. The van der Waals surface area contributed by atoms with Crippen LogP contribution >= 0.6 is 0 Å². The molecule has 0 spiro atoms. The molecule has 0 heterocycles. The number of rotatable bonds is 8. The number of benzene rings is 3. The average Bonchev–Trinajstić information content (AvgIpc) is 2.70. The smallest absolute Gasteiger partial charge is 0.387 e. The molecule has 3 aromatic rings. The molecule has 0 radical (unpaired) electrons. The second kappa shape index (κ2) is 9.03. The van der Waals surface area contributed by atoms with E-state index < -0.39 is 26.5 Å². The Balaban J connectivity index is 1.90. The molecule has 10 heteroatoms. The van der Waals surface area contributed by atoms with Crippen LogP contribution in [0.25, 0.3) is 0 Å². The topological polar surface area (TPSA) is 89.5 Å². The minimum Gasteiger partial charge on any atom is -0.435 e. The van der Waals surface area contributed by atoms with Gasteiger partial charge in [0.25, 0.3) is 10.0 Å². The van der Waals surface area contributed by atoms with Crippen LogP contribution in [0.15, 0.2) is 82.6 Å². The lowest BCUT2D eigenvalue weighted by Gasteiger charge is -2.14.